The van der Waals surface area contributed by atoms with Gasteiger partial charge in [0.25, 0.3) is 5.91 Å². The molecule has 1 heterocycles. The highest BCUT2D eigenvalue weighted by molar-refractivity contribution is 6.42. The fraction of sp³-hybridized carbons (Fsp3) is 0.143. The van der Waals surface area contributed by atoms with Crippen molar-refractivity contribution in [2.75, 3.05) is 0 Å². The lowest BCUT2D eigenvalue weighted by atomic mass is 10.1. The average Bonchev–Trinajstić information content (AvgIpc) is 2.44. The van der Waals surface area contributed by atoms with E-state index in [0.717, 1.165) is 17.8 Å². The summed E-state index contributed by atoms with van der Waals surface area (Å²) in [6.45, 7) is 1.76. The van der Waals surface area contributed by atoms with Gasteiger partial charge in [-0.2, -0.15) is 0 Å². The maximum absolute atomic E-state index is 13.1. The Hall–Kier alpha value is -1.36. The summed E-state index contributed by atoms with van der Waals surface area (Å²) in [6.07, 6.45) is 0.946. The predicted octanol–water partition coefficient (Wildman–Crippen LogP) is 4.67. The molecule has 0 fully saturated rings. The zero-order chi connectivity index (χ0) is 15.6. The minimum Gasteiger partial charge on any atom is -0.345 e. The van der Waals surface area contributed by atoms with Crippen molar-refractivity contribution in [3.8, 4) is 0 Å². The highest BCUT2D eigenvalue weighted by Crippen LogP contribution is 2.26. The van der Waals surface area contributed by atoms with Gasteiger partial charge in [-0.15, -0.1) is 0 Å². The summed E-state index contributed by atoms with van der Waals surface area (Å²) in [5, 5.41) is 3.45. The first-order valence-electron chi connectivity index (χ1n) is 5.95. The number of nitrogens with one attached hydrogen (secondary N) is 1. The molecule has 110 valence electrons. The lowest BCUT2D eigenvalue weighted by molar-refractivity contribution is 0.0939. The standard InChI is InChI=1S/C14H10Cl3FN2O/c1-7(8-2-3-11(15)12(16)4-8)20-14(21)10-5-9(18)6-19-13(10)17/h2-7H,1H3,(H,20,21). The largest absolute Gasteiger partial charge is 0.345 e. The summed E-state index contributed by atoms with van der Waals surface area (Å²) < 4.78 is 13.1. The molecule has 1 aromatic heterocycles. The molecule has 1 unspecified atom stereocenters. The maximum atomic E-state index is 13.1. The highest BCUT2D eigenvalue weighted by Gasteiger charge is 2.16. The summed E-state index contributed by atoms with van der Waals surface area (Å²) >= 11 is 17.6. The molecule has 0 radical (unpaired) electrons. The van der Waals surface area contributed by atoms with Crippen LogP contribution in [0.5, 0.6) is 0 Å². The van der Waals surface area contributed by atoms with Crippen LogP contribution < -0.4 is 5.32 Å². The number of carbonyl (C=O) groups excluding carboxylic acids is 1. The van der Waals surface area contributed by atoms with Gasteiger partial charge in [0, 0.05) is 0 Å². The van der Waals surface area contributed by atoms with E-state index in [0.29, 0.717) is 10.0 Å². The Morgan fingerprint density at radius 2 is 1.95 bits per heavy atom. The van der Waals surface area contributed by atoms with Crippen LogP contribution in [-0.2, 0) is 0 Å². The first kappa shape index (κ1) is 16.0. The fourth-order valence-electron chi connectivity index (χ4n) is 1.72. The number of halogens is 4. The van der Waals surface area contributed by atoms with Crippen molar-refractivity contribution >= 4 is 40.7 Å². The molecule has 0 saturated carbocycles. The van der Waals surface area contributed by atoms with Gasteiger partial charge < -0.3 is 5.32 Å². The Kier molecular flexibility index (Phi) is 5.04. The lowest BCUT2D eigenvalue weighted by Gasteiger charge is -2.15. The Balaban J connectivity index is 2.18. The van der Waals surface area contributed by atoms with Crippen LogP contribution >= 0.6 is 34.8 Å². The third-order valence-electron chi connectivity index (χ3n) is 2.84. The van der Waals surface area contributed by atoms with Crippen LogP contribution in [0.2, 0.25) is 15.2 Å². The third kappa shape index (κ3) is 3.84. The van der Waals surface area contributed by atoms with E-state index in [1.807, 2.05) is 0 Å². The van der Waals surface area contributed by atoms with Crippen LogP contribution in [-0.4, -0.2) is 10.9 Å². The van der Waals surface area contributed by atoms with Gasteiger partial charge in [0.05, 0.1) is 27.8 Å². The number of amides is 1. The molecule has 1 amide bonds. The summed E-state index contributed by atoms with van der Waals surface area (Å²) in [6, 6.07) is 5.71. The van der Waals surface area contributed by atoms with Crippen molar-refractivity contribution in [1.82, 2.24) is 10.3 Å². The zero-order valence-corrected chi connectivity index (χ0v) is 13.1. The van der Waals surface area contributed by atoms with Crippen LogP contribution in [0.15, 0.2) is 30.5 Å². The number of hydrogen-bond donors (Lipinski definition) is 1. The van der Waals surface area contributed by atoms with Crippen molar-refractivity contribution in [2.24, 2.45) is 0 Å². The van der Waals surface area contributed by atoms with E-state index in [9.17, 15) is 9.18 Å². The predicted molar refractivity (Wildman–Crippen MR) is 81.5 cm³/mol. The van der Waals surface area contributed by atoms with Crippen molar-refractivity contribution < 1.29 is 9.18 Å². The maximum Gasteiger partial charge on any atom is 0.254 e. The second-order valence-electron chi connectivity index (χ2n) is 4.36. The molecular weight excluding hydrogens is 338 g/mol. The van der Waals surface area contributed by atoms with Gasteiger partial charge in [0.1, 0.15) is 11.0 Å². The van der Waals surface area contributed by atoms with Crippen LogP contribution in [0, 0.1) is 5.82 Å². The normalized spacial score (nSPS) is 12.0. The molecule has 3 nitrogen and oxygen atoms in total. The molecule has 7 heteroatoms. The van der Waals surface area contributed by atoms with Crippen LogP contribution in [0.1, 0.15) is 28.9 Å². The molecule has 0 aliphatic carbocycles. The second kappa shape index (κ2) is 6.60. The van der Waals surface area contributed by atoms with Gasteiger partial charge >= 0.3 is 0 Å². The van der Waals surface area contributed by atoms with E-state index in [2.05, 4.69) is 10.3 Å². The molecule has 0 aliphatic rings. The first-order chi connectivity index (χ1) is 9.88. The molecular formula is C14H10Cl3FN2O. The molecule has 0 spiro atoms. The SMILES string of the molecule is CC(NC(=O)c1cc(F)cnc1Cl)c1ccc(Cl)c(Cl)c1. The fourth-order valence-corrected chi connectivity index (χ4v) is 2.22. The van der Waals surface area contributed by atoms with E-state index < -0.39 is 11.7 Å². The molecule has 2 aromatic rings. The van der Waals surface area contributed by atoms with Gasteiger partial charge in [-0.1, -0.05) is 40.9 Å². The quantitative estimate of drug-likeness (QED) is 0.820. The van der Waals surface area contributed by atoms with Gasteiger partial charge in [0.2, 0.25) is 0 Å². The van der Waals surface area contributed by atoms with Crippen molar-refractivity contribution in [3.05, 3.63) is 62.6 Å². The molecule has 2 rings (SSSR count). The molecule has 1 atom stereocenters. The summed E-state index contributed by atoms with van der Waals surface area (Å²) in [7, 11) is 0. The number of aromatic nitrogens is 1. The molecule has 1 aromatic carbocycles. The Bertz CT molecular complexity index is 694. The molecule has 0 bridgehead atoms. The number of hydrogen-bond acceptors (Lipinski definition) is 2. The number of pyridine rings is 1. The molecule has 21 heavy (non-hydrogen) atoms. The van der Waals surface area contributed by atoms with Crippen LogP contribution in [0.4, 0.5) is 4.39 Å². The van der Waals surface area contributed by atoms with E-state index in [-0.39, 0.29) is 16.8 Å². The Morgan fingerprint density at radius 3 is 2.62 bits per heavy atom. The van der Waals surface area contributed by atoms with E-state index in [4.69, 9.17) is 34.8 Å². The minimum absolute atomic E-state index is 0.0245. The van der Waals surface area contributed by atoms with Gasteiger partial charge in [-0.25, -0.2) is 9.37 Å². The number of nitrogens with zero attached hydrogens (tertiary/aromatic N) is 1. The van der Waals surface area contributed by atoms with Crippen molar-refractivity contribution in [1.29, 1.82) is 0 Å². The van der Waals surface area contributed by atoms with Gasteiger partial charge in [0.15, 0.2) is 0 Å². The second-order valence-corrected chi connectivity index (χ2v) is 5.53. The highest BCUT2D eigenvalue weighted by atomic mass is 35.5. The molecule has 0 saturated heterocycles. The van der Waals surface area contributed by atoms with Gasteiger partial charge in [-0.05, 0) is 30.7 Å². The van der Waals surface area contributed by atoms with Crippen LogP contribution in [0.25, 0.3) is 0 Å². The van der Waals surface area contributed by atoms with E-state index in [1.165, 1.54) is 0 Å². The van der Waals surface area contributed by atoms with Crippen molar-refractivity contribution in [2.45, 2.75) is 13.0 Å². The number of rotatable bonds is 3. The summed E-state index contributed by atoms with van der Waals surface area (Å²) in [5.74, 6) is -1.16. The topological polar surface area (TPSA) is 42.0 Å². The van der Waals surface area contributed by atoms with Crippen LogP contribution in [0.3, 0.4) is 0 Å². The Morgan fingerprint density at radius 1 is 1.24 bits per heavy atom. The smallest absolute Gasteiger partial charge is 0.254 e. The summed E-state index contributed by atoms with van der Waals surface area (Å²) in [4.78, 5) is 15.7. The summed E-state index contributed by atoms with van der Waals surface area (Å²) in [5.41, 5.74) is 0.738. The minimum atomic E-state index is -0.633. The monoisotopic (exact) mass is 346 g/mol. The van der Waals surface area contributed by atoms with Crippen molar-refractivity contribution in [3.63, 3.8) is 0 Å². The first-order valence-corrected chi connectivity index (χ1v) is 7.08. The zero-order valence-electron chi connectivity index (χ0n) is 10.8. The lowest BCUT2D eigenvalue weighted by Crippen LogP contribution is -2.27. The third-order valence-corrected chi connectivity index (χ3v) is 3.88. The van der Waals surface area contributed by atoms with E-state index in [1.54, 1.807) is 25.1 Å². The number of carbonyl (C=O) groups is 1. The molecule has 0 aliphatic heterocycles. The molecule has 1 N–H and O–H groups in total. The Labute approximate surface area is 136 Å². The van der Waals surface area contributed by atoms with E-state index >= 15 is 0 Å². The van der Waals surface area contributed by atoms with Gasteiger partial charge in [-0.3, -0.25) is 4.79 Å². The average molecular weight is 348 g/mol. The number of benzene rings is 1.